The van der Waals surface area contributed by atoms with E-state index in [2.05, 4.69) is 15.4 Å². The molecular weight excluding hydrogens is 394 g/mol. The Hall–Kier alpha value is -3.68. The summed E-state index contributed by atoms with van der Waals surface area (Å²) in [6.45, 7) is 0. The van der Waals surface area contributed by atoms with Crippen molar-refractivity contribution in [2.45, 2.75) is 37.8 Å². The number of aromatic nitrogens is 3. The van der Waals surface area contributed by atoms with Gasteiger partial charge in [0.1, 0.15) is 11.7 Å². The summed E-state index contributed by atoms with van der Waals surface area (Å²) in [5.74, 6) is -0.308. The second-order valence-electron chi connectivity index (χ2n) is 8.45. The zero-order valence-electron chi connectivity index (χ0n) is 16.9. The molecule has 8 heteroatoms. The van der Waals surface area contributed by atoms with Crippen LogP contribution >= 0.6 is 0 Å². The van der Waals surface area contributed by atoms with Crippen LogP contribution in [0, 0.1) is 5.41 Å². The summed E-state index contributed by atoms with van der Waals surface area (Å²) in [4.78, 5) is 28.3. The Morgan fingerprint density at radius 3 is 2.68 bits per heavy atom. The second-order valence-corrected chi connectivity index (χ2v) is 8.45. The average Bonchev–Trinajstić information content (AvgIpc) is 3.26. The summed E-state index contributed by atoms with van der Waals surface area (Å²) in [6, 6.07) is 12.7. The minimum absolute atomic E-state index is 0.0235. The van der Waals surface area contributed by atoms with E-state index in [1.54, 1.807) is 29.2 Å². The molecule has 2 aliphatic carbocycles. The van der Waals surface area contributed by atoms with Gasteiger partial charge in [0, 0.05) is 30.2 Å². The van der Waals surface area contributed by atoms with Crippen molar-refractivity contribution in [3.05, 3.63) is 72.2 Å². The lowest BCUT2D eigenvalue weighted by Gasteiger charge is -2.57. The van der Waals surface area contributed by atoms with E-state index in [1.165, 1.54) is 0 Å². The van der Waals surface area contributed by atoms with Crippen molar-refractivity contribution in [1.29, 1.82) is 0 Å². The van der Waals surface area contributed by atoms with Crippen molar-refractivity contribution in [1.82, 2.24) is 20.1 Å². The fraction of sp³-hybridized carbons (Fsp3) is 0.304. The van der Waals surface area contributed by atoms with Crippen LogP contribution in [0.1, 0.15) is 46.4 Å². The van der Waals surface area contributed by atoms with Gasteiger partial charge in [-0.3, -0.25) is 9.59 Å². The Bertz CT molecular complexity index is 1110. The van der Waals surface area contributed by atoms with Crippen LogP contribution < -0.4 is 15.8 Å². The van der Waals surface area contributed by atoms with Gasteiger partial charge in [-0.25, -0.2) is 9.67 Å². The van der Waals surface area contributed by atoms with Crippen LogP contribution in [0.15, 0.2) is 61.1 Å². The molecular formula is C23H23N5O3. The maximum atomic E-state index is 12.7. The van der Waals surface area contributed by atoms with E-state index >= 15 is 0 Å². The van der Waals surface area contributed by atoms with Crippen molar-refractivity contribution >= 4 is 11.8 Å². The number of ether oxygens (including phenoxy) is 1. The summed E-state index contributed by atoms with van der Waals surface area (Å²) >= 11 is 0. The molecule has 0 aliphatic heterocycles. The minimum Gasteiger partial charge on any atom is -0.474 e. The molecule has 8 nitrogen and oxygen atoms in total. The number of primary amides is 1. The highest BCUT2D eigenvalue weighted by Crippen LogP contribution is 2.56. The first-order chi connectivity index (χ1) is 15.0. The Morgan fingerprint density at radius 1 is 1.10 bits per heavy atom. The molecule has 2 saturated carbocycles. The molecule has 2 fully saturated rings. The zero-order chi connectivity index (χ0) is 21.4. The molecule has 2 heterocycles. The van der Waals surface area contributed by atoms with Crippen molar-refractivity contribution in [2.75, 3.05) is 0 Å². The molecule has 0 bridgehead atoms. The van der Waals surface area contributed by atoms with Gasteiger partial charge in [-0.1, -0.05) is 6.07 Å². The Kier molecular flexibility index (Phi) is 4.69. The van der Waals surface area contributed by atoms with Crippen molar-refractivity contribution in [3.8, 4) is 11.6 Å². The molecule has 1 spiro atoms. The number of rotatable bonds is 6. The van der Waals surface area contributed by atoms with E-state index in [0.29, 0.717) is 17.0 Å². The minimum atomic E-state index is -0.541. The van der Waals surface area contributed by atoms with Gasteiger partial charge in [-0.2, -0.15) is 5.10 Å². The van der Waals surface area contributed by atoms with Gasteiger partial charge in [-0.05, 0) is 67.5 Å². The summed E-state index contributed by atoms with van der Waals surface area (Å²) in [6.07, 6.45) is 8.82. The van der Waals surface area contributed by atoms with Crippen molar-refractivity contribution in [3.63, 3.8) is 0 Å². The molecule has 2 aromatic heterocycles. The maximum Gasteiger partial charge on any atom is 0.254 e. The largest absolute Gasteiger partial charge is 0.474 e. The third kappa shape index (κ3) is 3.76. The summed E-state index contributed by atoms with van der Waals surface area (Å²) in [7, 11) is 0. The molecule has 3 aromatic rings. The predicted octanol–water partition coefficient (Wildman–Crippen LogP) is 2.49. The fourth-order valence-electron chi connectivity index (χ4n) is 4.72. The van der Waals surface area contributed by atoms with Gasteiger partial charge >= 0.3 is 0 Å². The Balaban J connectivity index is 1.13. The van der Waals surface area contributed by atoms with E-state index in [4.69, 9.17) is 10.5 Å². The van der Waals surface area contributed by atoms with Gasteiger partial charge in [0.25, 0.3) is 11.8 Å². The third-order valence-electron chi connectivity index (χ3n) is 6.21. The molecule has 5 rings (SSSR count). The molecule has 3 N–H and O–H groups in total. The lowest BCUT2D eigenvalue weighted by atomic mass is 9.53. The van der Waals surface area contributed by atoms with Gasteiger partial charge < -0.3 is 15.8 Å². The zero-order valence-corrected chi connectivity index (χ0v) is 16.9. The van der Waals surface area contributed by atoms with E-state index in [1.807, 2.05) is 36.5 Å². The van der Waals surface area contributed by atoms with Gasteiger partial charge in [-0.15, -0.1) is 0 Å². The highest BCUT2D eigenvalue weighted by molar-refractivity contribution is 5.95. The Labute approximate surface area is 179 Å². The molecule has 2 aliphatic rings. The van der Waals surface area contributed by atoms with Crippen LogP contribution in [0.3, 0.4) is 0 Å². The Morgan fingerprint density at radius 2 is 1.94 bits per heavy atom. The predicted molar refractivity (Wildman–Crippen MR) is 113 cm³/mol. The standard InChI is InChI=1S/C23H23N5O3/c24-20(29)19-6-2-7-25-22(19)31-18-13-23(14-18)11-16(12-23)27-21(30)15-4-1-5-17(10-15)28-9-3-8-26-28/h1-10,16,18H,11-14H2,(H2,24,29)(H,27,30). The van der Waals surface area contributed by atoms with Crippen LogP contribution in [0.4, 0.5) is 0 Å². The van der Waals surface area contributed by atoms with E-state index < -0.39 is 5.91 Å². The number of nitrogens with zero attached hydrogens (tertiary/aromatic N) is 3. The monoisotopic (exact) mass is 417 g/mol. The normalized spacial score (nSPS) is 24.1. The quantitative estimate of drug-likeness (QED) is 0.640. The first-order valence-corrected chi connectivity index (χ1v) is 10.3. The van der Waals surface area contributed by atoms with E-state index in [0.717, 1.165) is 31.4 Å². The van der Waals surface area contributed by atoms with E-state index in [-0.39, 0.29) is 23.5 Å². The molecule has 0 radical (unpaired) electrons. The third-order valence-corrected chi connectivity index (χ3v) is 6.21. The average molecular weight is 417 g/mol. The topological polar surface area (TPSA) is 112 Å². The highest BCUT2D eigenvalue weighted by atomic mass is 16.5. The smallest absolute Gasteiger partial charge is 0.254 e. The van der Waals surface area contributed by atoms with Gasteiger partial charge in [0.15, 0.2) is 0 Å². The number of hydrogen-bond acceptors (Lipinski definition) is 5. The fourth-order valence-corrected chi connectivity index (χ4v) is 4.72. The number of nitrogens with one attached hydrogen (secondary N) is 1. The number of benzene rings is 1. The molecule has 0 saturated heterocycles. The lowest BCUT2D eigenvalue weighted by molar-refractivity contribution is -0.0848. The number of carbonyl (C=O) groups is 2. The molecule has 158 valence electrons. The second kappa shape index (κ2) is 7.54. The molecule has 2 amide bonds. The van der Waals surface area contributed by atoms with Crippen LogP contribution in [-0.4, -0.2) is 38.7 Å². The van der Waals surface area contributed by atoms with Crippen LogP contribution in [0.5, 0.6) is 5.88 Å². The van der Waals surface area contributed by atoms with Crippen LogP contribution in [0.25, 0.3) is 5.69 Å². The van der Waals surface area contributed by atoms with Crippen molar-refractivity contribution in [2.24, 2.45) is 11.1 Å². The molecule has 31 heavy (non-hydrogen) atoms. The number of hydrogen-bond donors (Lipinski definition) is 2. The van der Waals surface area contributed by atoms with Gasteiger partial charge in [0.05, 0.1) is 5.69 Å². The summed E-state index contributed by atoms with van der Waals surface area (Å²) in [5, 5.41) is 7.34. The molecule has 0 unspecified atom stereocenters. The number of pyridine rings is 1. The highest BCUT2D eigenvalue weighted by Gasteiger charge is 2.54. The SMILES string of the molecule is NC(=O)c1cccnc1OC1CC2(CC(NC(=O)c3cccc(-n4cccn4)c3)C2)C1. The lowest BCUT2D eigenvalue weighted by Crippen LogP contribution is -2.58. The van der Waals surface area contributed by atoms with Crippen LogP contribution in [0.2, 0.25) is 0 Å². The van der Waals surface area contributed by atoms with Crippen LogP contribution in [-0.2, 0) is 0 Å². The number of nitrogens with two attached hydrogens (primary N) is 1. The van der Waals surface area contributed by atoms with E-state index in [9.17, 15) is 9.59 Å². The number of amides is 2. The number of carbonyl (C=O) groups excluding carboxylic acids is 2. The first kappa shape index (κ1) is 19.3. The maximum absolute atomic E-state index is 12.7. The molecule has 1 aromatic carbocycles. The first-order valence-electron chi connectivity index (χ1n) is 10.3. The van der Waals surface area contributed by atoms with Crippen molar-refractivity contribution < 1.29 is 14.3 Å². The van der Waals surface area contributed by atoms with Gasteiger partial charge in [0.2, 0.25) is 5.88 Å². The molecule has 0 atom stereocenters. The summed E-state index contributed by atoms with van der Waals surface area (Å²) < 4.78 is 7.63. The summed E-state index contributed by atoms with van der Waals surface area (Å²) in [5.41, 5.74) is 7.38.